The normalized spacial score (nSPS) is 21.7. The third-order valence-corrected chi connectivity index (χ3v) is 7.90. The van der Waals surface area contributed by atoms with Gasteiger partial charge in [0.1, 0.15) is 0 Å². The highest BCUT2D eigenvalue weighted by Crippen LogP contribution is 2.37. The summed E-state index contributed by atoms with van der Waals surface area (Å²) in [6, 6.07) is 8.96. The molecule has 4 rings (SSSR count). The van der Waals surface area contributed by atoms with Crippen LogP contribution in [0.4, 0.5) is 5.13 Å². The molecule has 2 saturated heterocycles. The Morgan fingerprint density at radius 3 is 2.87 bits per heavy atom. The second-order valence-corrected chi connectivity index (χ2v) is 10.4. The predicted octanol–water partition coefficient (Wildman–Crippen LogP) is 4.80. The number of aromatic nitrogens is 1. The van der Waals surface area contributed by atoms with Crippen LogP contribution in [0.2, 0.25) is 0 Å². The van der Waals surface area contributed by atoms with Crippen LogP contribution >= 0.6 is 11.3 Å². The fourth-order valence-corrected chi connectivity index (χ4v) is 5.97. The van der Waals surface area contributed by atoms with Crippen LogP contribution in [0.15, 0.2) is 24.3 Å². The highest BCUT2D eigenvalue weighted by molar-refractivity contribution is 7.15. The van der Waals surface area contributed by atoms with E-state index in [-0.39, 0.29) is 5.91 Å². The molecule has 0 aliphatic carbocycles. The van der Waals surface area contributed by atoms with Crippen LogP contribution in [0.1, 0.15) is 60.2 Å². The maximum atomic E-state index is 13.5. The van der Waals surface area contributed by atoms with Crippen molar-refractivity contribution in [3.63, 3.8) is 0 Å². The van der Waals surface area contributed by atoms with Gasteiger partial charge in [-0.25, -0.2) is 4.98 Å². The van der Waals surface area contributed by atoms with E-state index in [4.69, 9.17) is 4.74 Å². The molecule has 1 N–H and O–H groups in total. The molecular weight excluding hydrogens is 406 g/mol. The molecule has 0 spiro atoms. The Hall–Kier alpha value is -1.76. The number of benzene rings is 1. The summed E-state index contributed by atoms with van der Waals surface area (Å²) in [7, 11) is 2.21. The zero-order valence-electron chi connectivity index (χ0n) is 19.1. The van der Waals surface area contributed by atoms with Gasteiger partial charge in [-0.2, -0.15) is 0 Å². The Morgan fingerprint density at radius 1 is 1.35 bits per heavy atom. The number of hydrogen-bond acceptors (Lipinski definition) is 5. The van der Waals surface area contributed by atoms with Gasteiger partial charge in [-0.1, -0.05) is 31.2 Å². The second-order valence-electron chi connectivity index (χ2n) is 9.25. The van der Waals surface area contributed by atoms with E-state index < -0.39 is 5.41 Å². The van der Waals surface area contributed by atoms with Crippen LogP contribution in [-0.4, -0.2) is 49.1 Å². The Labute approximate surface area is 190 Å². The van der Waals surface area contributed by atoms with Gasteiger partial charge in [-0.05, 0) is 76.1 Å². The first-order chi connectivity index (χ1) is 15.0. The van der Waals surface area contributed by atoms with E-state index in [1.165, 1.54) is 35.4 Å². The molecule has 1 amide bonds. The molecule has 2 aliphatic heterocycles. The molecule has 0 bridgehead atoms. The van der Waals surface area contributed by atoms with E-state index in [2.05, 4.69) is 60.4 Å². The average Bonchev–Trinajstić information content (AvgIpc) is 3.13. The average molecular weight is 442 g/mol. The molecule has 0 saturated carbocycles. The molecule has 1 atom stereocenters. The van der Waals surface area contributed by atoms with Crippen molar-refractivity contribution in [2.45, 2.75) is 58.3 Å². The summed E-state index contributed by atoms with van der Waals surface area (Å²) in [5.74, 6) is 0.680. The fraction of sp³-hybridized carbons (Fsp3) is 0.600. The lowest BCUT2D eigenvalue weighted by Gasteiger charge is -2.36. The van der Waals surface area contributed by atoms with Gasteiger partial charge in [-0.15, -0.1) is 11.3 Å². The molecule has 1 aromatic carbocycles. The number of nitrogens with zero attached hydrogens (tertiary/aromatic N) is 2. The molecule has 0 radical (unpaired) electrons. The third-order valence-electron chi connectivity index (χ3n) is 6.97. The summed E-state index contributed by atoms with van der Waals surface area (Å²) < 4.78 is 5.64. The molecule has 0 unspecified atom stereocenters. The SMILES string of the molecule is CCc1nc(NC(=O)C2(Cc3cccc([C@H]4CCCN(C)C4)c3)CCOCC2)sc1C. The van der Waals surface area contributed by atoms with Crippen molar-refractivity contribution < 1.29 is 9.53 Å². The number of rotatable bonds is 6. The van der Waals surface area contributed by atoms with Gasteiger partial charge in [0.2, 0.25) is 5.91 Å². The predicted molar refractivity (Wildman–Crippen MR) is 127 cm³/mol. The van der Waals surface area contributed by atoms with Crippen molar-refractivity contribution in [2.75, 3.05) is 38.7 Å². The van der Waals surface area contributed by atoms with E-state index in [1.807, 2.05) is 0 Å². The molecule has 2 aliphatic rings. The number of thiazole rings is 1. The van der Waals surface area contributed by atoms with Crippen molar-refractivity contribution in [3.8, 4) is 0 Å². The summed E-state index contributed by atoms with van der Waals surface area (Å²) in [6.07, 6.45) is 5.64. The van der Waals surface area contributed by atoms with Crippen LogP contribution in [0.3, 0.4) is 0 Å². The van der Waals surface area contributed by atoms with Crippen molar-refractivity contribution in [2.24, 2.45) is 5.41 Å². The first-order valence-corrected chi connectivity index (χ1v) is 12.4. The van der Waals surface area contributed by atoms with Crippen molar-refractivity contribution in [1.29, 1.82) is 0 Å². The van der Waals surface area contributed by atoms with Crippen molar-refractivity contribution >= 4 is 22.4 Å². The molecule has 31 heavy (non-hydrogen) atoms. The number of carbonyl (C=O) groups excluding carboxylic acids is 1. The number of likely N-dealkylation sites (tertiary alicyclic amines) is 1. The molecule has 1 aromatic heterocycles. The molecule has 2 aromatic rings. The topological polar surface area (TPSA) is 54.5 Å². The molecule has 3 heterocycles. The zero-order valence-corrected chi connectivity index (χ0v) is 19.9. The van der Waals surface area contributed by atoms with Gasteiger partial charge >= 0.3 is 0 Å². The highest BCUT2D eigenvalue weighted by atomic mass is 32.1. The van der Waals surface area contributed by atoms with Gasteiger partial charge in [0, 0.05) is 24.6 Å². The Kier molecular flexibility index (Phi) is 7.09. The number of carbonyl (C=O) groups is 1. The molecule has 168 valence electrons. The molecule has 6 heteroatoms. The van der Waals surface area contributed by atoms with Gasteiger partial charge in [0.05, 0.1) is 11.1 Å². The monoisotopic (exact) mass is 441 g/mol. The lowest BCUT2D eigenvalue weighted by molar-refractivity contribution is -0.131. The quantitative estimate of drug-likeness (QED) is 0.700. The maximum Gasteiger partial charge on any atom is 0.232 e. The zero-order chi connectivity index (χ0) is 21.8. The summed E-state index contributed by atoms with van der Waals surface area (Å²) >= 11 is 1.58. The second kappa shape index (κ2) is 9.80. The van der Waals surface area contributed by atoms with E-state index in [0.29, 0.717) is 19.1 Å². The van der Waals surface area contributed by atoms with E-state index in [9.17, 15) is 4.79 Å². The number of amides is 1. The number of hydrogen-bond donors (Lipinski definition) is 1. The summed E-state index contributed by atoms with van der Waals surface area (Å²) in [5, 5.41) is 3.88. The van der Waals surface area contributed by atoms with Crippen LogP contribution in [0.25, 0.3) is 0 Å². The first kappa shape index (κ1) is 22.4. The van der Waals surface area contributed by atoms with Crippen LogP contribution < -0.4 is 5.32 Å². The van der Waals surface area contributed by atoms with Crippen molar-refractivity contribution in [1.82, 2.24) is 9.88 Å². The Balaban J connectivity index is 1.53. The highest BCUT2D eigenvalue weighted by Gasteiger charge is 2.40. The van der Waals surface area contributed by atoms with Gasteiger partial charge in [0.15, 0.2) is 5.13 Å². The fourth-order valence-electron chi connectivity index (χ4n) is 5.07. The summed E-state index contributed by atoms with van der Waals surface area (Å²) in [4.78, 5) is 21.8. The lowest BCUT2D eigenvalue weighted by Crippen LogP contribution is -2.42. The van der Waals surface area contributed by atoms with Crippen LogP contribution in [0, 0.1) is 12.3 Å². The summed E-state index contributed by atoms with van der Waals surface area (Å²) in [5.41, 5.74) is 3.31. The van der Waals surface area contributed by atoms with Gasteiger partial charge < -0.3 is 15.0 Å². The smallest absolute Gasteiger partial charge is 0.232 e. The van der Waals surface area contributed by atoms with E-state index in [0.717, 1.165) is 43.1 Å². The number of piperidine rings is 1. The Bertz CT molecular complexity index is 904. The largest absolute Gasteiger partial charge is 0.381 e. The van der Waals surface area contributed by atoms with Gasteiger partial charge in [-0.3, -0.25) is 4.79 Å². The molecule has 2 fully saturated rings. The number of likely N-dealkylation sites (N-methyl/N-ethyl adjacent to an activating group) is 1. The summed E-state index contributed by atoms with van der Waals surface area (Å²) in [6.45, 7) is 7.76. The van der Waals surface area contributed by atoms with E-state index in [1.54, 1.807) is 11.3 Å². The standard InChI is InChI=1S/C25H35N3O2S/c1-4-22-18(2)31-24(26-22)27-23(29)25(10-13-30-14-11-25)16-19-7-5-8-20(15-19)21-9-6-12-28(3)17-21/h5,7-8,15,21H,4,6,9-14,16-17H2,1-3H3,(H,26,27,29)/t21-/m0/s1. The number of aryl methyl sites for hydroxylation is 2. The molecule has 5 nitrogen and oxygen atoms in total. The molecular formula is C25H35N3O2S. The lowest BCUT2D eigenvalue weighted by atomic mass is 9.74. The first-order valence-electron chi connectivity index (χ1n) is 11.6. The third kappa shape index (κ3) is 5.18. The Morgan fingerprint density at radius 2 is 2.16 bits per heavy atom. The number of nitrogens with one attached hydrogen (secondary N) is 1. The minimum atomic E-state index is -0.438. The minimum Gasteiger partial charge on any atom is -0.381 e. The van der Waals surface area contributed by atoms with E-state index >= 15 is 0 Å². The van der Waals surface area contributed by atoms with Crippen LogP contribution in [-0.2, 0) is 22.4 Å². The number of ether oxygens (including phenoxy) is 1. The minimum absolute atomic E-state index is 0.0926. The van der Waals surface area contributed by atoms with Crippen molar-refractivity contribution in [3.05, 3.63) is 46.0 Å². The van der Waals surface area contributed by atoms with Gasteiger partial charge in [0.25, 0.3) is 0 Å². The van der Waals surface area contributed by atoms with Crippen LogP contribution in [0.5, 0.6) is 0 Å². The maximum absolute atomic E-state index is 13.5. The number of anilines is 1.